The Morgan fingerprint density at radius 3 is 2.60 bits per heavy atom. The zero-order valence-electron chi connectivity index (χ0n) is 25.3. The van der Waals surface area contributed by atoms with Gasteiger partial charge in [-0.15, -0.1) is 0 Å². The zero-order valence-corrected chi connectivity index (χ0v) is 26.8. The van der Waals surface area contributed by atoms with Gasteiger partial charge in [0.1, 0.15) is 11.6 Å². The number of amides is 1. The molecule has 0 spiro atoms. The maximum Gasteiger partial charge on any atom is 0.417 e. The number of nitrogens with one attached hydrogen (secondary N) is 2. The summed E-state index contributed by atoms with van der Waals surface area (Å²) in [6.07, 6.45) is -2.31. The predicted octanol–water partition coefficient (Wildman–Crippen LogP) is 7.06. The minimum absolute atomic E-state index is 0.0365. The third-order valence-corrected chi connectivity index (χ3v) is 9.57. The van der Waals surface area contributed by atoms with Gasteiger partial charge in [0.15, 0.2) is 6.61 Å². The van der Waals surface area contributed by atoms with Crippen LogP contribution in [0.2, 0.25) is 10.0 Å². The fourth-order valence-electron chi connectivity index (χ4n) is 6.27. The molecule has 2 N–H and O–H groups in total. The number of aromatic nitrogens is 2. The normalized spacial score (nSPS) is 19.4. The van der Waals surface area contributed by atoms with E-state index in [9.17, 15) is 22.4 Å². The molecule has 2 atom stereocenters. The summed E-state index contributed by atoms with van der Waals surface area (Å²) in [6.45, 7) is 1.55. The van der Waals surface area contributed by atoms with Crippen molar-refractivity contribution in [1.29, 1.82) is 0 Å². The molecule has 1 aromatic heterocycles. The standard InChI is InChI=1S/C34H29Cl2F4N5O3/c35-27-3-1-2-19(31(27)36)16-45(22-7-8-22)33(46)30-25(13-21-14-41-15-28(30)42-21)18-4-9-23(10-5-18)47-17-29-43-32(44-48-29)24-11-6-20(37)12-26(24)34(38,39)40/h1-6,9-12,21-22,28,41-42H,7-8,13-17H2/t21-,28-/m1/s1. The van der Waals surface area contributed by atoms with Crippen LogP contribution in [-0.4, -0.2) is 52.2 Å². The number of ether oxygens (including phenoxy) is 1. The van der Waals surface area contributed by atoms with Crippen LogP contribution in [0.25, 0.3) is 17.0 Å². The summed E-state index contributed by atoms with van der Waals surface area (Å²) in [7, 11) is 0. The van der Waals surface area contributed by atoms with E-state index in [1.807, 2.05) is 29.2 Å². The van der Waals surface area contributed by atoms with Gasteiger partial charge in [-0.2, -0.15) is 18.2 Å². The average molecular weight is 703 g/mol. The lowest BCUT2D eigenvalue weighted by molar-refractivity contribution is -0.137. The molecule has 2 fully saturated rings. The molecule has 8 nitrogen and oxygen atoms in total. The first-order valence-corrected chi connectivity index (χ1v) is 16.2. The molecule has 1 aliphatic carbocycles. The smallest absolute Gasteiger partial charge is 0.417 e. The van der Waals surface area contributed by atoms with Crippen molar-refractivity contribution in [2.45, 2.75) is 56.7 Å². The summed E-state index contributed by atoms with van der Waals surface area (Å²) in [5.41, 5.74) is 1.75. The summed E-state index contributed by atoms with van der Waals surface area (Å²) in [4.78, 5) is 20.3. The van der Waals surface area contributed by atoms with E-state index in [0.717, 1.165) is 53.8 Å². The highest BCUT2D eigenvalue weighted by Gasteiger charge is 2.41. The van der Waals surface area contributed by atoms with Crippen LogP contribution >= 0.6 is 23.2 Å². The molecular formula is C34H29Cl2F4N5O3. The monoisotopic (exact) mass is 701 g/mol. The van der Waals surface area contributed by atoms with Crippen LogP contribution in [-0.2, 0) is 24.1 Å². The van der Waals surface area contributed by atoms with Gasteiger partial charge in [-0.05, 0) is 72.4 Å². The van der Waals surface area contributed by atoms with Crippen molar-refractivity contribution in [3.05, 3.63) is 105 Å². The number of rotatable bonds is 9. The van der Waals surface area contributed by atoms with E-state index in [0.29, 0.717) is 41.4 Å². The lowest BCUT2D eigenvalue weighted by Gasteiger charge is -2.41. The molecular weight excluding hydrogens is 673 g/mol. The van der Waals surface area contributed by atoms with E-state index in [2.05, 4.69) is 20.8 Å². The Bertz CT molecular complexity index is 1880. The van der Waals surface area contributed by atoms with Crippen molar-refractivity contribution in [2.24, 2.45) is 0 Å². The first kappa shape index (κ1) is 32.6. The van der Waals surface area contributed by atoms with Crippen LogP contribution < -0.4 is 15.4 Å². The fraction of sp³-hybridized carbons (Fsp3) is 0.324. The molecule has 3 aromatic carbocycles. The largest absolute Gasteiger partial charge is 0.484 e. The van der Waals surface area contributed by atoms with Gasteiger partial charge in [0.2, 0.25) is 5.82 Å². The molecule has 7 rings (SSSR count). The number of benzene rings is 3. The molecule has 1 saturated heterocycles. The van der Waals surface area contributed by atoms with Crippen molar-refractivity contribution in [3.63, 3.8) is 0 Å². The predicted molar refractivity (Wildman–Crippen MR) is 171 cm³/mol. The third-order valence-electron chi connectivity index (χ3n) is 8.71. The highest BCUT2D eigenvalue weighted by molar-refractivity contribution is 6.42. The maximum atomic E-state index is 14.4. The molecule has 14 heteroatoms. The van der Waals surface area contributed by atoms with Crippen molar-refractivity contribution in [3.8, 4) is 17.1 Å². The second-order valence-corrected chi connectivity index (χ2v) is 12.8. The van der Waals surface area contributed by atoms with Crippen LogP contribution in [0, 0.1) is 5.82 Å². The Balaban J connectivity index is 1.11. The number of hydrogen-bond donors (Lipinski definition) is 2. The quantitative estimate of drug-likeness (QED) is 0.181. The first-order chi connectivity index (χ1) is 23.0. The number of carbonyl (C=O) groups excluding carboxylic acids is 1. The van der Waals surface area contributed by atoms with Gasteiger partial charge in [-0.1, -0.05) is 52.6 Å². The highest BCUT2D eigenvalue weighted by Crippen LogP contribution is 2.39. The molecule has 250 valence electrons. The number of hydrogen-bond acceptors (Lipinski definition) is 7. The molecule has 4 aromatic rings. The Hall–Kier alpha value is -3.97. The van der Waals surface area contributed by atoms with Gasteiger partial charge in [-0.3, -0.25) is 4.79 Å². The number of halogens is 6. The van der Waals surface area contributed by atoms with Crippen molar-refractivity contribution in [2.75, 3.05) is 13.1 Å². The van der Waals surface area contributed by atoms with Crippen molar-refractivity contribution >= 4 is 34.7 Å². The Labute approximate surface area is 283 Å². The Morgan fingerprint density at radius 2 is 1.85 bits per heavy atom. The average Bonchev–Trinajstić information content (AvgIpc) is 3.80. The highest BCUT2D eigenvalue weighted by atomic mass is 35.5. The van der Waals surface area contributed by atoms with E-state index >= 15 is 0 Å². The second kappa shape index (κ2) is 13.1. The minimum atomic E-state index is -4.81. The molecule has 0 radical (unpaired) electrons. The number of carbonyl (C=O) groups is 1. The van der Waals surface area contributed by atoms with E-state index in [4.69, 9.17) is 32.5 Å². The molecule has 2 aliphatic heterocycles. The third kappa shape index (κ3) is 6.80. The number of alkyl halides is 3. The van der Waals surface area contributed by atoms with Crippen LogP contribution in [0.4, 0.5) is 17.6 Å². The van der Waals surface area contributed by atoms with E-state index in [1.54, 1.807) is 18.2 Å². The van der Waals surface area contributed by atoms with E-state index < -0.39 is 23.1 Å². The van der Waals surface area contributed by atoms with Gasteiger partial charge >= 0.3 is 6.18 Å². The first-order valence-electron chi connectivity index (χ1n) is 15.4. The Morgan fingerprint density at radius 1 is 1.06 bits per heavy atom. The molecule has 0 unspecified atom stereocenters. The molecule has 2 bridgehead atoms. The van der Waals surface area contributed by atoms with Crippen molar-refractivity contribution in [1.82, 2.24) is 25.7 Å². The van der Waals surface area contributed by atoms with Gasteiger partial charge in [0.25, 0.3) is 11.8 Å². The summed E-state index contributed by atoms with van der Waals surface area (Å²) in [5.74, 6) is -0.993. The number of nitrogens with zero attached hydrogens (tertiary/aromatic N) is 3. The summed E-state index contributed by atoms with van der Waals surface area (Å²) >= 11 is 12.8. The van der Waals surface area contributed by atoms with Crippen LogP contribution in [0.5, 0.6) is 5.75 Å². The van der Waals surface area contributed by atoms with E-state index in [1.165, 1.54) is 0 Å². The summed E-state index contributed by atoms with van der Waals surface area (Å²) < 4.78 is 64.9. The van der Waals surface area contributed by atoms with Crippen LogP contribution in [0.1, 0.15) is 41.8 Å². The number of piperazine rings is 1. The lowest BCUT2D eigenvalue weighted by atomic mass is 9.83. The molecule has 3 aliphatic rings. The molecule has 3 heterocycles. The molecule has 1 saturated carbocycles. The lowest BCUT2D eigenvalue weighted by Crippen LogP contribution is -2.60. The Kier molecular flexibility index (Phi) is 8.92. The fourth-order valence-corrected chi connectivity index (χ4v) is 6.65. The zero-order chi connectivity index (χ0) is 33.6. The summed E-state index contributed by atoms with van der Waals surface area (Å²) in [6, 6.07) is 15.1. The van der Waals surface area contributed by atoms with Gasteiger partial charge in [-0.25, -0.2) is 4.39 Å². The van der Waals surface area contributed by atoms with Gasteiger partial charge < -0.3 is 24.8 Å². The van der Waals surface area contributed by atoms with E-state index in [-0.39, 0.29) is 42.4 Å². The van der Waals surface area contributed by atoms with Crippen LogP contribution in [0.3, 0.4) is 0 Å². The van der Waals surface area contributed by atoms with Crippen molar-refractivity contribution < 1.29 is 31.6 Å². The minimum Gasteiger partial charge on any atom is -0.484 e. The van der Waals surface area contributed by atoms with Gasteiger partial charge in [0, 0.05) is 42.9 Å². The number of fused-ring (bicyclic) bond motifs is 2. The summed E-state index contributed by atoms with van der Waals surface area (Å²) in [5, 5.41) is 11.6. The second-order valence-electron chi connectivity index (χ2n) is 12.1. The maximum absolute atomic E-state index is 14.4. The van der Waals surface area contributed by atoms with Crippen LogP contribution in [0.15, 0.2) is 70.8 Å². The molecule has 48 heavy (non-hydrogen) atoms. The topological polar surface area (TPSA) is 92.5 Å². The SMILES string of the molecule is O=C(C1=C(c2ccc(OCc3nc(-c4ccc(F)cc4C(F)(F)F)no3)cc2)C[C@@H]2CNC[C@H]1N2)N(Cc1cccc(Cl)c1Cl)C1CC1. The van der Waals surface area contributed by atoms with Gasteiger partial charge in [0.05, 0.1) is 21.7 Å². The molecule has 1 amide bonds.